The van der Waals surface area contributed by atoms with Crippen molar-refractivity contribution in [1.29, 1.82) is 0 Å². The molecule has 0 radical (unpaired) electrons. The van der Waals surface area contributed by atoms with Crippen LogP contribution in [0, 0.1) is 16.3 Å². The van der Waals surface area contributed by atoms with E-state index in [1.54, 1.807) is 18.2 Å². The topological polar surface area (TPSA) is 49.4 Å². The van der Waals surface area contributed by atoms with Crippen LogP contribution in [-0.4, -0.2) is 17.9 Å². The third kappa shape index (κ3) is 3.21. The summed E-state index contributed by atoms with van der Waals surface area (Å²) >= 11 is 2.19. The van der Waals surface area contributed by atoms with Crippen molar-refractivity contribution in [3.05, 3.63) is 57.4 Å². The van der Waals surface area contributed by atoms with Crippen molar-refractivity contribution in [2.75, 3.05) is 10.2 Å². The van der Waals surface area contributed by atoms with Gasteiger partial charge in [-0.2, -0.15) is 0 Å². The van der Waals surface area contributed by atoms with E-state index < -0.39 is 6.04 Å². The number of carbonyl (C=O) groups excluding carboxylic acids is 2. The number of nitrogens with zero attached hydrogens (tertiary/aromatic N) is 1. The number of anilines is 2. The molecule has 2 amide bonds. The van der Waals surface area contributed by atoms with E-state index in [4.69, 9.17) is 0 Å². The van der Waals surface area contributed by atoms with Gasteiger partial charge in [-0.25, -0.2) is 9.29 Å². The number of benzene rings is 2. The molecule has 1 aliphatic rings. The number of hydrogen-bond donors (Lipinski definition) is 1. The van der Waals surface area contributed by atoms with Gasteiger partial charge in [-0.1, -0.05) is 0 Å². The molecule has 2 aromatic rings. The summed E-state index contributed by atoms with van der Waals surface area (Å²) in [4.78, 5) is 26.1. The molecule has 0 spiro atoms. The summed E-state index contributed by atoms with van der Waals surface area (Å²) in [6.07, 6.45) is 0.0850. The first-order valence-corrected chi connectivity index (χ1v) is 8.18. The molecule has 1 unspecified atom stereocenters. The molecule has 1 aliphatic heterocycles. The average Bonchev–Trinajstić information content (AvgIpc) is 2.77. The van der Waals surface area contributed by atoms with Crippen LogP contribution in [0.2, 0.25) is 0 Å². The maximum absolute atomic E-state index is 12.9. The highest BCUT2D eigenvalue weighted by Crippen LogP contribution is 2.28. The Kier molecular flexibility index (Phi) is 4.34. The first-order chi connectivity index (χ1) is 11.0. The lowest BCUT2D eigenvalue weighted by atomic mass is 10.2. The highest BCUT2D eigenvalue weighted by molar-refractivity contribution is 14.1. The van der Waals surface area contributed by atoms with Crippen LogP contribution in [0.1, 0.15) is 12.0 Å². The molecular weight excluding hydrogens is 410 g/mol. The second kappa shape index (κ2) is 6.27. The summed E-state index contributed by atoms with van der Waals surface area (Å²) in [5.41, 5.74) is 2.10. The summed E-state index contributed by atoms with van der Waals surface area (Å²) in [6.45, 7) is 1.87. The minimum atomic E-state index is -0.633. The maximum atomic E-state index is 12.9. The standard InChI is InChI=1S/C17H14FIN2O2/c1-10-8-12(19)4-7-15(10)21-16(22)9-14(17(21)23)20-13-5-2-11(18)3-6-13/h2-8,14,20H,9H2,1H3. The Hall–Kier alpha value is -1.96. The van der Waals surface area contributed by atoms with Crippen molar-refractivity contribution in [1.82, 2.24) is 0 Å². The quantitative estimate of drug-likeness (QED) is 0.607. The molecule has 1 heterocycles. The lowest BCUT2D eigenvalue weighted by Crippen LogP contribution is -2.35. The normalized spacial score (nSPS) is 17.7. The van der Waals surface area contributed by atoms with E-state index in [9.17, 15) is 14.0 Å². The summed E-state index contributed by atoms with van der Waals surface area (Å²) in [5, 5.41) is 3.00. The first kappa shape index (κ1) is 15.9. The van der Waals surface area contributed by atoms with Crippen molar-refractivity contribution in [3.8, 4) is 0 Å². The molecule has 2 aromatic carbocycles. The number of rotatable bonds is 3. The van der Waals surface area contributed by atoms with Crippen LogP contribution in [-0.2, 0) is 9.59 Å². The fourth-order valence-electron chi connectivity index (χ4n) is 2.61. The van der Waals surface area contributed by atoms with Gasteiger partial charge in [-0.05, 0) is 77.5 Å². The predicted molar refractivity (Wildman–Crippen MR) is 94.8 cm³/mol. The van der Waals surface area contributed by atoms with Crippen molar-refractivity contribution in [2.24, 2.45) is 0 Å². The third-order valence-electron chi connectivity index (χ3n) is 3.73. The predicted octanol–water partition coefficient (Wildman–Crippen LogP) is 3.48. The van der Waals surface area contributed by atoms with Crippen LogP contribution in [0.4, 0.5) is 15.8 Å². The molecule has 6 heteroatoms. The number of imide groups is 1. The van der Waals surface area contributed by atoms with Gasteiger partial charge < -0.3 is 5.32 Å². The van der Waals surface area contributed by atoms with Gasteiger partial charge >= 0.3 is 0 Å². The van der Waals surface area contributed by atoms with Gasteiger partial charge in [0, 0.05) is 9.26 Å². The van der Waals surface area contributed by atoms with Crippen LogP contribution in [0.25, 0.3) is 0 Å². The zero-order chi connectivity index (χ0) is 16.6. The zero-order valence-corrected chi connectivity index (χ0v) is 14.5. The van der Waals surface area contributed by atoms with Crippen LogP contribution < -0.4 is 10.2 Å². The van der Waals surface area contributed by atoms with Gasteiger partial charge in [-0.3, -0.25) is 9.59 Å². The van der Waals surface area contributed by atoms with E-state index in [0.29, 0.717) is 11.4 Å². The molecule has 3 rings (SSSR count). The van der Waals surface area contributed by atoms with Gasteiger partial charge in [0.05, 0.1) is 12.1 Å². The monoisotopic (exact) mass is 424 g/mol. The molecular formula is C17H14FIN2O2. The minimum absolute atomic E-state index is 0.0850. The summed E-state index contributed by atoms with van der Waals surface area (Å²) in [7, 11) is 0. The Morgan fingerprint density at radius 3 is 2.52 bits per heavy atom. The molecule has 1 saturated heterocycles. The molecule has 1 fully saturated rings. The number of aryl methyl sites for hydroxylation is 1. The zero-order valence-electron chi connectivity index (χ0n) is 12.3. The van der Waals surface area contributed by atoms with Crippen LogP contribution in [0.3, 0.4) is 0 Å². The second-order valence-electron chi connectivity index (χ2n) is 5.41. The van der Waals surface area contributed by atoms with Gasteiger partial charge in [0.1, 0.15) is 11.9 Å². The Labute approximate surface area is 146 Å². The van der Waals surface area contributed by atoms with Crippen LogP contribution in [0.15, 0.2) is 42.5 Å². The molecule has 0 bridgehead atoms. The Morgan fingerprint density at radius 2 is 1.87 bits per heavy atom. The fourth-order valence-corrected chi connectivity index (χ4v) is 3.26. The third-order valence-corrected chi connectivity index (χ3v) is 4.40. The molecule has 0 saturated carbocycles. The van der Waals surface area contributed by atoms with E-state index in [1.807, 2.05) is 19.1 Å². The maximum Gasteiger partial charge on any atom is 0.256 e. The SMILES string of the molecule is Cc1cc(I)ccc1N1C(=O)CC(Nc2ccc(F)cc2)C1=O. The summed E-state index contributed by atoms with van der Waals surface area (Å²) in [5.74, 6) is -0.872. The lowest BCUT2D eigenvalue weighted by Gasteiger charge is -2.18. The Morgan fingerprint density at radius 1 is 1.17 bits per heavy atom. The minimum Gasteiger partial charge on any atom is -0.373 e. The fraction of sp³-hybridized carbons (Fsp3) is 0.176. The van der Waals surface area contributed by atoms with E-state index in [2.05, 4.69) is 27.9 Å². The van der Waals surface area contributed by atoms with E-state index in [-0.39, 0.29) is 24.1 Å². The van der Waals surface area contributed by atoms with Crippen LogP contribution in [0.5, 0.6) is 0 Å². The van der Waals surface area contributed by atoms with Crippen LogP contribution >= 0.6 is 22.6 Å². The highest BCUT2D eigenvalue weighted by atomic mass is 127. The molecule has 23 heavy (non-hydrogen) atoms. The Bertz CT molecular complexity index is 777. The average molecular weight is 424 g/mol. The number of hydrogen-bond acceptors (Lipinski definition) is 3. The summed E-state index contributed by atoms with van der Waals surface area (Å²) < 4.78 is 14.0. The number of halogens is 2. The molecule has 0 aliphatic carbocycles. The molecule has 1 atom stereocenters. The van der Waals surface area contributed by atoms with Crippen molar-refractivity contribution < 1.29 is 14.0 Å². The van der Waals surface area contributed by atoms with Gasteiger partial charge in [0.15, 0.2) is 0 Å². The van der Waals surface area contributed by atoms with Crippen molar-refractivity contribution >= 4 is 45.8 Å². The van der Waals surface area contributed by atoms with Crippen molar-refractivity contribution in [2.45, 2.75) is 19.4 Å². The molecule has 0 aromatic heterocycles. The van der Waals surface area contributed by atoms with Gasteiger partial charge in [0.2, 0.25) is 5.91 Å². The van der Waals surface area contributed by atoms with Crippen molar-refractivity contribution in [3.63, 3.8) is 0 Å². The highest BCUT2D eigenvalue weighted by Gasteiger charge is 2.40. The number of amides is 2. The molecule has 4 nitrogen and oxygen atoms in total. The van der Waals surface area contributed by atoms with E-state index >= 15 is 0 Å². The van der Waals surface area contributed by atoms with Gasteiger partial charge in [-0.15, -0.1) is 0 Å². The lowest BCUT2D eigenvalue weighted by molar-refractivity contribution is -0.121. The Balaban J connectivity index is 1.83. The van der Waals surface area contributed by atoms with E-state index in [1.165, 1.54) is 17.0 Å². The second-order valence-corrected chi connectivity index (χ2v) is 6.65. The first-order valence-electron chi connectivity index (χ1n) is 7.11. The number of carbonyl (C=O) groups is 2. The van der Waals surface area contributed by atoms with Gasteiger partial charge in [0.25, 0.3) is 5.91 Å². The largest absolute Gasteiger partial charge is 0.373 e. The summed E-state index contributed by atoms with van der Waals surface area (Å²) in [6, 6.07) is 10.7. The molecule has 118 valence electrons. The molecule has 1 N–H and O–H groups in total. The number of nitrogens with one attached hydrogen (secondary N) is 1. The smallest absolute Gasteiger partial charge is 0.256 e. The van der Waals surface area contributed by atoms with E-state index in [0.717, 1.165) is 9.13 Å².